The minimum Gasteiger partial charge on any atom is -0.454 e. The lowest BCUT2D eigenvalue weighted by Gasteiger charge is -2.35. The third-order valence-electron chi connectivity index (χ3n) is 3.69. The molecule has 0 aromatic rings. The molecule has 4 atom stereocenters. The van der Waals surface area contributed by atoms with Gasteiger partial charge in [0.15, 0.2) is 12.7 Å². The normalized spacial score (nSPS) is 35.7. The van der Waals surface area contributed by atoms with Crippen LogP contribution < -0.4 is 0 Å². The summed E-state index contributed by atoms with van der Waals surface area (Å²) in [5.74, 6) is -1.91. The highest BCUT2D eigenvalue weighted by Crippen LogP contribution is 2.42. The summed E-state index contributed by atoms with van der Waals surface area (Å²) in [5.41, 5.74) is -1.14. The molecule has 2 aliphatic heterocycles. The molecule has 2 bridgehead atoms. The Hall–Kier alpha value is -1.45. The quantitative estimate of drug-likeness (QED) is 0.399. The van der Waals surface area contributed by atoms with E-state index in [0.717, 1.165) is 0 Å². The minimum absolute atomic E-state index is 0.156. The fraction of sp³-hybridized carbons (Fsp3) is 0.692. The molecule has 2 rings (SSSR count). The maximum absolute atomic E-state index is 11.8. The summed E-state index contributed by atoms with van der Waals surface area (Å²) >= 11 is 0. The molecule has 9 heteroatoms. The van der Waals surface area contributed by atoms with E-state index in [0.29, 0.717) is 0 Å². The van der Waals surface area contributed by atoms with Gasteiger partial charge in [0.2, 0.25) is 0 Å². The molecule has 2 heterocycles. The van der Waals surface area contributed by atoms with Crippen molar-refractivity contribution in [3.8, 4) is 0 Å². The SMILES string of the molecule is C=C(C)C(=O)OCC(=O)OC1C2CS(=O)(=O)OC1(C)C(C)O2. The van der Waals surface area contributed by atoms with Crippen molar-refractivity contribution >= 4 is 22.1 Å². The van der Waals surface area contributed by atoms with Crippen molar-refractivity contribution in [2.75, 3.05) is 12.4 Å². The van der Waals surface area contributed by atoms with Crippen LogP contribution in [0, 0.1) is 0 Å². The van der Waals surface area contributed by atoms with Crippen molar-refractivity contribution in [3.05, 3.63) is 12.2 Å². The number of carbonyl (C=O) groups is 2. The molecule has 2 fully saturated rings. The van der Waals surface area contributed by atoms with E-state index in [-0.39, 0.29) is 5.57 Å². The number of fused-ring (bicyclic) bond motifs is 2. The van der Waals surface area contributed by atoms with E-state index in [9.17, 15) is 18.0 Å². The lowest BCUT2D eigenvalue weighted by molar-refractivity contribution is -0.169. The first-order valence-electron chi connectivity index (χ1n) is 6.66. The molecule has 2 saturated heterocycles. The topological polar surface area (TPSA) is 105 Å². The summed E-state index contributed by atoms with van der Waals surface area (Å²) in [7, 11) is -3.73. The van der Waals surface area contributed by atoms with E-state index in [1.807, 2.05) is 0 Å². The second kappa shape index (κ2) is 5.64. The van der Waals surface area contributed by atoms with Crippen molar-refractivity contribution in [1.29, 1.82) is 0 Å². The van der Waals surface area contributed by atoms with E-state index in [1.54, 1.807) is 6.92 Å². The number of esters is 2. The first-order chi connectivity index (χ1) is 10.0. The second-order valence-electron chi connectivity index (χ2n) is 5.58. The molecule has 0 spiro atoms. The van der Waals surface area contributed by atoms with Gasteiger partial charge in [-0.25, -0.2) is 9.59 Å². The monoisotopic (exact) mass is 334 g/mol. The summed E-state index contributed by atoms with van der Waals surface area (Å²) in [4.78, 5) is 23.0. The van der Waals surface area contributed by atoms with Gasteiger partial charge < -0.3 is 14.2 Å². The molecule has 22 heavy (non-hydrogen) atoms. The van der Waals surface area contributed by atoms with Crippen LogP contribution in [0.15, 0.2) is 12.2 Å². The van der Waals surface area contributed by atoms with Gasteiger partial charge >= 0.3 is 11.9 Å². The minimum atomic E-state index is -3.73. The molecular weight excluding hydrogens is 316 g/mol. The van der Waals surface area contributed by atoms with Crippen LogP contribution >= 0.6 is 0 Å². The molecule has 8 nitrogen and oxygen atoms in total. The van der Waals surface area contributed by atoms with Gasteiger partial charge in [-0.05, 0) is 20.8 Å². The molecule has 0 saturated carbocycles. The lowest BCUT2D eigenvalue weighted by atomic mass is 9.94. The summed E-state index contributed by atoms with van der Waals surface area (Å²) in [5, 5.41) is 0. The van der Waals surface area contributed by atoms with Crippen LogP contribution in [0.25, 0.3) is 0 Å². The van der Waals surface area contributed by atoms with E-state index in [4.69, 9.17) is 13.7 Å². The molecule has 0 aromatic heterocycles. The van der Waals surface area contributed by atoms with Gasteiger partial charge in [0.25, 0.3) is 10.1 Å². The summed E-state index contributed by atoms with van der Waals surface area (Å²) in [6.07, 6.45) is -2.26. The third-order valence-corrected chi connectivity index (χ3v) is 5.04. The molecule has 0 amide bonds. The number of hydrogen-bond donors (Lipinski definition) is 0. The van der Waals surface area contributed by atoms with Crippen molar-refractivity contribution in [2.45, 2.75) is 44.7 Å². The Kier molecular flexibility index (Phi) is 4.33. The third kappa shape index (κ3) is 3.16. The lowest BCUT2D eigenvalue weighted by Crippen LogP contribution is -2.55. The summed E-state index contributed by atoms with van der Waals surface area (Å²) in [6.45, 7) is 7.39. The maximum Gasteiger partial charge on any atom is 0.344 e. The molecule has 124 valence electrons. The average Bonchev–Trinajstić information content (AvgIpc) is 2.52. The molecule has 0 N–H and O–H groups in total. The highest BCUT2D eigenvalue weighted by atomic mass is 32.2. The van der Waals surface area contributed by atoms with Crippen LogP contribution in [0.2, 0.25) is 0 Å². The Morgan fingerprint density at radius 1 is 1.41 bits per heavy atom. The molecular formula is C13H18O8S. The highest BCUT2D eigenvalue weighted by molar-refractivity contribution is 7.86. The molecule has 0 aliphatic carbocycles. The fourth-order valence-corrected chi connectivity index (χ4v) is 3.94. The van der Waals surface area contributed by atoms with Crippen LogP contribution in [0.1, 0.15) is 20.8 Å². The molecule has 0 aromatic carbocycles. The zero-order chi connectivity index (χ0) is 16.7. The van der Waals surface area contributed by atoms with E-state index in [2.05, 4.69) is 11.3 Å². The van der Waals surface area contributed by atoms with Crippen LogP contribution in [0.3, 0.4) is 0 Å². The second-order valence-corrected chi connectivity index (χ2v) is 7.19. The predicted molar refractivity (Wildman–Crippen MR) is 73.3 cm³/mol. The van der Waals surface area contributed by atoms with Gasteiger partial charge in [0.05, 0.1) is 6.10 Å². The van der Waals surface area contributed by atoms with Gasteiger partial charge in [0.1, 0.15) is 17.5 Å². The van der Waals surface area contributed by atoms with E-state index in [1.165, 1.54) is 13.8 Å². The van der Waals surface area contributed by atoms with Gasteiger partial charge in [-0.1, -0.05) is 6.58 Å². The van der Waals surface area contributed by atoms with Crippen LogP contribution in [0.5, 0.6) is 0 Å². The van der Waals surface area contributed by atoms with Gasteiger partial charge in [-0.3, -0.25) is 4.18 Å². The highest BCUT2D eigenvalue weighted by Gasteiger charge is 2.62. The van der Waals surface area contributed by atoms with Gasteiger partial charge in [-0.2, -0.15) is 8.42 Å². The number of ether oxygens (including phenoxy) is 3. The van der Waals surface area contributed by atoms with Gasteiger partial charge in [0, 0.05) is 5.57 Å². The van der Waals surface area contributed by atoms with E-state index < -0.39 is 58.3 Å². The fourth-order valence-electron chi connectivity index (χ4n) is 2.44. The number of rotatable bonds is 4. The molecule has 0 radical (unpaired) electrons. The van der Waals surface area contributed by atoms with Crippen molar-refractivity contribution in [2.24, 2.45) is 0 Å². The zero-order valence-corrected chi connectivity index (χ0v) is 13.3. The number of hydrogen-bond acceptors (Lipinski definition) is 8. The Bertz CT molecular complexity index is 610. The largest absolute Gasteiger partial charge is 0.454 e. The van der Waals surface area contributed by atoms with Crippen LogP contribution in [0.4, 0.5) is 0 Å². The van der Waals surface area contributed by atoms with Crippen LogP contribution in [-0.2, 0) is 38.1 Å². The Morgan fingerprint density at radius 2 is 2.05 bits per heavy atom. The van der Waals surface area contributed by atoms with Gasteiger partial charge in [-0.15, -0.1) is 0 Å². The number of carbonyl (C=O) groups excluding carboxylic acids is 2. The average molecular weight is 334 g/mol. The first kappa shape index (κ1) is 16.9. The molecule has 4 unspecified atom stereocenters. The molecule has 2 aliphatic rings. The Balaban J connectivity index is 2.03. The summed E-state index contributed by atoms with van der Waals surface area (Å²) < 4.78 is 43.8. The van der Waals surface area contributed by atoms with Crippen LogP contribution in [-0.4, -0.2) is 56.6 Å². The first-order valence-corrected chi connectivity index (χ1v) is 8.24. The van der Waals surface area contributed by atoms with Crippen molar-refractivity contribution < 1.29 is 36.4 Å². The van der Waals surface area contributed by atoms with Crippen molar-refractivity contribution in [1.82, 2.24) is 0 Å². The summed E-state index contributed by atoms with van der Waals surface area (Å²) in [6, 6.07) is 0. The van der Waals surface area contributed by atoms with Crippen molar-refractivity contribution in [3.63, 3.8) is 0 Å². The standard InChI is InChI=1S/C13H18O8S/c1-7(2)12(15)18-5-10(14)20-11-9-6-22(16,17)21-13(11,4)8(3)19-9/h8-9,11H,1,5-6H2,2-4H3. The maximum atomic E-state index is 11.8. The Labute approximate surface area is 128 Å². The predicted octanol–water partition coefficient (Wildman–Crippen LogP) is -0.0765. The zero-order valence-electron chi connectivity index (χ0n) is 12.5. The smallest absolute Gasteiger partial charge is 0.344 e. The van der Waals surface area contributed by atoms with E-state index >= 15 is 0 Å². The Morgan fingerprint density at radius 3 is 2.59 bits per heavy atom.